The molecule has 2 aromatic rings. The van der Waals surface area contributed by atoms with Gasteiger partial charge >= 0.3 is 5.69 Å². The van der Waals surface area contributed by atoms with Crippen LogP contribution in [0.25, 0.3) is 10.9 Å². The molecule has 6 nitrogen and oxygen atoms in total. The Bertz CT molecular complexity index is 727. The van der Waals surface area contributed by atoms with Gasteiger partial charge in [-0.15, -0.1) is 0 Å². The third kappa shape index (κ3) is 2.04. The second-order valence-corrected chi connectivity index (χ2v) is 3.93. The predicted octanol–water partition coefficient (Wildman–Crippen LogP) is 0.287. The van der Waals surface area contributed by atoms with Gasteiger partial charge in [-0.05, 0) is 19.1 Å². The number of carbonyl (C=O) groups is 1. The summed E-state index contributed by atoms with van der Waals surface area (Å²) in [5.41, 5.74) is -0.688. The zero-order valence-corrected chi connectivity index (χ0v) is 10.0. The average Bonchev–Trinajstić information content (AvgIpc) is 2.33. The van der Waals surface area contributed by atoms with Crippen LogP contribution < -0.4 is 16.0 Å². The summed E-state index contributed by atoms with van der Waals surface area (Å²) >= 11 is 0. The molecule has 94 valence electrons. The number of H-pyrrole nitrogens is 1. The van der Waals surface area contributed by atoms with Gasteiger partial charge in [-0.25, -0.2) is 4.79 Å². The minimum atomic E-state index is -0.601. The number of hydrogen-bond acceptors (Lipinski definition) is 4. The van der Waals surface area contributed by atoms with Crippen LogP contribution in [0.1, 0.15) is 6.92 Å². The average molecular weight is 248 g/mol. The second-order valence-electron chi connectivity index (χ2n) is 3.93. The maximum Gasteiger partial charge on any atom is 0.329 e. The van der Waals surface area contributed by atoms with Crippen molar-refractivity contribution in [2.45, 2.75) is 13.5 Å². The lowest BCUT2D eigenvalue weighted by molar-refractivity contribution is -0.117. The number of nitrogens with one attached hydrogen (secondary N) is 1. The fourth-order valence-electron chi connectivity index (χ4n) is 1.73. The minimum Gasteiger partial charge on any atom is -0.497 e. The lowest BCUT2D eigenvalue weighted by Crippen LogP contribution is -2.36. The lowest BCUT2D eigenvalue weighted by atomic mass is 10.2. The molecule has 0 aliphatic carbocycles. The molecule has 1 N–H and O–H groups in total. The third-order valence-corrected chi connectivity index (χ3v) is 2.57. The Morgan fingerprint density at radius 2 is 2.11 bits per heavy atom. The van der Waals surface area contributed by atoms with Gasteiger partial charge in [0.1, 0.15) is 11.5 Å². The molecular formula is C12H12N2O4. The number of hydrogen-bond donors (Lipinski definition) is 1. The predicted molar refractivity (Wildman–Crippen MR) is 66.1 cm³/mol. The van der Waals surface area contributed by atoms with E-state index in [9.17, 15) is 14.4 Å². The number of aromatic nitrogens is 2. The molecule has 0 amide bonds. The fraction of sp³-hybridized carbons (Fsp3) is 0.250. The molecule has 0 fully saturated rings. The molecule has 6 heteroatoms. The number of benzene rings is 1. The number of aromatic amines is 1. The van der Waals surface area contributed by atoms with Gasteiger partial charge in [0.05, 0.1) is 24.6 Å². The van der Waals surface area contributed by atoms with E-state index < -0.39 is 11.2 Å². The molecule has 0 saturated carbocycles. The number of Topliss-reactive ketones (excluding diaryl/α,β-unsaturated/α-hetero) is 1. The molecule has 0 bridgehead atoms. The van der Waals surface area contributed by atoms with Crippen molar-refractivity contribution in [1.82, 2.24) is 9.55 Å². The third-order valence-electron chi connectivity index (χ3n) is 2.57. The van der Waals surface area contributed by atoms with Crippen LogP contribution in [-0.4, -0.2) is 22.4 Å². The highest BCUT2D eigenvalue weighted by Crippen LogP contribution is 2.14. The van der Waals surface area contributed by atoms with E-state index in [4.69, 9.17) is 4.74 Å². The van der Waals surface area contributed by atoms with Crippen molar-refractivity contribution in [3.63, 3.8) is 0 Å². The van der Waals surface area contributed by atoms with Crippen LogP contribution in [0, 0.1) is 0 Å². The minimum absolute atomic E-state index is 0.226. The molecule has 0 atom stereocenters. The van der Waals surface area contributed by atoms with Gasteiger partial charge in [0.25, 0.3) is 5.56 Å². The molecule has 18 heavy (non-hydrogen) atoms. The van der Waals surface area contributed by atoms with Gasteiger partial charge in [-0.2, -0.15) is 0 Å². The van der Waals surface area contributed by atoms with E-state index in [1.165, 1.54) is 14.0 Å². The van der Waals surface area contributed by atoms with E-state index in [0.717, 1.165) is 4.57 Å². The maximum atomic E-state index is 12.0. The Balaban J connectivity index is 2.75. The van der Waals surface area contributed by atoms with Crippen LogP contribution in [0.2, 0.25) is 0 Å². The van der Waals surface area contributed by atoms with Crippen molar-refractivity contribution in [3.05, 3.63) is 39.0 Å². The number of carbonyl (C=O) groups excluding carboxylic acids is 1. The molecule has 0 spiro atoms. The monoisotopic (exact) mass is 248 g/mol. The summed E-state index contributed by atoms with van der Waals surface area (Å²) in [6.45, 7) is 1.10. The van der Waals surface area contributed by atoms with E-state index in [1.807, 2.05) is 0 Å². The van der Waals surface area contributed by atoms with Crippen molar-refractivity contribution in [2.24, 2.45) is 0 Å². The molecule has 1 aromatic heterocycles. The van der Waals surface area contributed by atoms with Crippen LogP contribution in [0.15, 0.2) is 27.8 Å². The summed E-state index contributed by atoms with van der Waals surface area (Å²) in [4.78, 5) is 37.3. The number of fused-ring (bicyclic) bond motifs is 1. The van der Waals surface area contributed by atoms with Crippen LogP contribution in [-0.2, 0) is 11.3 Å². The standard InChI is InChI=1S/C12H12N2O4/c1-7(15)6-14-11(16)9-4-3-8(18-2)5-10(9)13-12(14)17/h3-5H,6H2,1-2H3,(H,13,17). The van der Waals surface area contributed by atoms with Gasteiger partial charge in [-0.3, -0.25) is 14.2 Å². The number of methoxy groups -OCH3 is 1. The van der Waals surface area contributed by atoms with Crippen molar-refractivity contribution in [1.29, 1.82) is 0 Å². The highest BCUT2D eigenvalue weighted by Gasteiger charge is 2.09. The molecule has 0 unspecified atom stereocenters. The van der Waals surface area contributed by atoms with Crippen molar-refractivity contribution in [2.75, 3.05) is 7.11 Å². The zero-order chi connectivity index (χ0) is 13.3. The first kappa shape index (κ1) is 12.1. The summed E-state index contributed by atoms with van der Waals surface area (Å²) < 4.78 is 5.90. The van der Waals surface area contributed by atoms with E-state index in [1.54, 1.807) is 18.2 Å². The van der Waals surface area contributed by atoms with E-state index in [0.29, 0.717) is 16.7 Å². The molecule has 0 saturated heterocycles. The number of rotatable bonds is 3. The van der Waals surface area contributed by atoms with Gasteiger partial charge < -0.3 is 9.72 Å². The van der Waals surface area contributed by atoms with Gasteiger partial charge in [-0.1, -0.05) is 0 Å². The van der Waals surface area contributed by atoms with Gasteiger partial charge in [0.2, 0.25) is 0 Å². The first-order valence-electron chi connectivity index (χ1n) is 5.33. The highest BCUT2D eigenvalue weighted by atomic mass is 16.5. The topological polar surface area (TPSA) is 81.2 Å². The Kier molecular flexibility index (Phi) is 3.01. The maximum absolute atomic E-state index is 12.0. The van der Waals surface area contributed by atoms with Gasteiger partial charge in [0, 0.05) is 6.07 Å². The molecule has 0 aliphatic heterocycles. The fourth-order valence-corrected chi connectivity index (χ4v) is 1.73. The van der Waals surface area contributed by atoms with Gasteiger partial charge in [0.15, 0.2) is 0 Å². The van der Waals surface area contributed by atoms with Crippen molar-refractivity contribution < 1.29 is 9.53 Å². The Labute approximate surface area is 102 Å². The summed E-state index contributed by atoms with van der Waals surface area (Å²) in [6, 6.07) is 4.75. The smallest absolute Gasteiger partial charge is 0.329 e. The normalized spacial score (nSPS) is 10.6. The van der Waals surface area contributed by atoms with Crippen molar-refractivity contribution in [3.8, 4) is 5.75 Å². The van der Waals surface area contributed by atoms with Crippen LogP contribution in [0.5, 0.6) is 5.75 Å². The second kappa shape index (κ2) is 4.48. The van der Waals surface area contributed by atoms with Crippen LogP contribution in [0.4, 0.5) is 0 Å². The summed E-state index contributed by atoms with van der Waals surface area (Å²) in [5, 5.41) is 0.344. The Morgan fingerprint density at radius 3 is 2.72 bits per heavy atom. The molecular weight excluding hydrogens is 236 g/mol. The van der Waals surface area contributed by atoms with Crippen molar-refractivity contribution >= 4 is 16.7 Å². The van der Waals surface area contributed by atoms with E-state index >= 15 is 0 Å². The number of ketones is 1. The number of nitrogens with zero attached hydrogens (tertiary/aromatic N) is 1. The molecule has 2 rings (SSSR count). The Hall–Kier alpha value is -2.37. The summed E-state index contributed by atoms with van der Waals surface area (Å²) in [7, 11) is 1.50. The van der Waals surface area contributed by atoms with Crippen LogP contribution >= 0.6 is 0 Å². The van der Waals surface area contributed by atoms with E-state index in [-0.39, 0.29) is 12.3 Å². The zero-order valence-electron chi connectivity index (χ0n) is 10.0. The SMILES string of the molecule is COc1ccc2c(=O)n(CC(C)=O)c(=O)[nH]c2c1. The first-order chi connectivity index (χ1) is 8.52. The molecule has 0 aliphatic rings. The van der Waals surface area contributed by atoms with Crippen LogP contribution in [0.3, 0.4) is 0 Å². The molecule has 1 heterocycles. The first-order valence-corrected chi connectivity index (χ1v) is 5.33. The number of ether oxygens (including phenoxy) is 1. The van der Waals surface area contributed by atoms with E-state index in [2.05, 4.69) is 4.98 Å². The Morgan fingerprint density at radius 1 is 1.39 bits per heavy atom. The highest BCUT2D eigenvalue weighted by molar-refractivity contribution is 5.80. The largest absolute Gasteiger partial charge is 0.497 e. The summed E-state index contributed by atoms with van der Waals surface area (Å²) in [5.74, 6) is 0.289. The lowest BCUT2D eigenvalue weighted by Gasteiger charge is -2.05. The summed E-state index contributed by atoms with van der Waals surface area (Å²) in [6.07, 6.45) is 0. The quantitative estimate of drug-likeness (QED) is 0.846. The molecule has 1 aromatic carbocycles. The molecule has 0 radical (unpaired) electrons.